The molecule has 1 rings (SSSR count). The molecule has 7 heteroatoms. The maximum Gasteiger partial charge on any atom is 0.330 e. The Morgan fingerprint density at radius 2 is 1.88 bits per heavy atom. The molecule has 1 atom stereocenters. The second-order valence-electron chi connectivity index (χ2n) is 5.48. The van der Waals surface area contributed by atoms with Gasteiger partial charge >= 0.3 is 5.97 Å². The van der Waals surface area contributed by atoms with Crippen molar-refractivity contribution < 1.29 is 9.53 Å². The van der Waals surface area contributed by atoms with E-state index in [1.54, 1.807) is 4.68 Å². The van der Waals surface area contributed by atoms with E-state index in [9.17, 15) is 4.79 Å². The van der Waals surface area contributed by atoms with Crippen LogP contribution in [-0.2, 0) is 9.53 Å². The minimum Gasteiger partial charge on any atom is -0.464 e. The van der Waals surface area contributed by atoms with Crippen LogP contribution in [0, 0.1) is 0 Å². The average Bonchev–Trinajstić information content (AvgIpc) is 2.81. The summed E-state index contributed by atoms with van der Waals surface area (Å²) >= 11 is 10.3. The molecule has 0 aliphatic heterocycles. The number of halogens is 3. The van der Waals surface area contributed by atoms with Gasteiger partial charge in [0.2, 0.25) is 0 Å². The largest absolute Gasteiger partial charge is 0.464 e. The first-order valence-corrected chi connectivity index (χ1v) is 10.8. The van der Waals surface area contributed by atoms with E-state index in [0.717, 1.165) is 41.2 Å². The highest BCUT2D eigenvalue weighted by Gasteiger charge is 2.26. The number of rotatable bonds is 11. The molecule has 1 aromatic rings. The summed E-state index contributed by atoms with van der Waals surface area (Å²) in [6.45, 7) is 4.35. The van der Waals surface area contributed by atoms with Gasteiger partial charge < -0.3 is 4.74 Å². The molecule has 0 N–H and O–H groups in total. The predicted molar refractivity (Wildman–Crippen MR) is 108 cm³/mol. The third-order valence-corrected chi connectivity index (χ3v) is 6.74. The highest BCUT2D eigenvalue weighted by Crippen LogP contribution is 2.34. The fraction of sp³-hybridized carbons (Fsp3) is 0.647. The fourth-order valence-corrected chi connectivity index (χ4v) is 3.79. The lowest BCUT2D eigenvalue weighted by Crippen LogP contribution is -2.23. The van der Waals surface area contributed by atoms with Gasteiger partial charge in [0.05, 0.1) is 11.1 Å². The number of hydrogen-bond donors (Lipinski definition) is 0. The van der Waals surface area contributed by atoms with Gasteiger partial charge in [0, 0.05) is 0 Å². The Balaban J connectivity index is 2.56. The van der Waals surface area contributed by atoms with Crippen LogP contribution in [0.4, 0.5) is 0 Å². The van der Waals surface area contributed by atoms with Crippen LogP contribution in [0.15, 0.2) is 25.8 Å². The van der Waals surface area contributed by atoms with Crippen molar-refractivity contribution in [3.8, 4) is 0 Å². The number of unbranched alkanes of at least 4 members (excludes halogenated alkanes) is 4. The number of carbonyl (C=O) groups excluding carboxylic acids is 1. The van der Waals surface area contributed by atoms with Crippen molar-refractivity contribution in [3.05, 3.63) is 25.8 Å². The van der Waals surface area contributed by atoms with Crippen molar-refractivity contribution in [3.63, 3.8) is 0 Å². The van der Waals surface area contributed by atoms with Gasteiger partial charge in [-0.25, -0.2) is 9.48 Å². The van der Waals surface area contributed by atoms with Gasteiger partial charge in [0.25, 0.3) is 0 Å². The lowest BCUT2D eigenvalue weighted by Gasteiger charge is -2.17. The highest BCUT2D eigenvalue weighted by atomic mass is 79.9. The van der Waals surface area contributed by atoms with Crippen LogP contribution in [0.5, 0.6) is 0 Å². The monoisotopic (exact) mass is 526 g/mol. The predicted octanol–water partition coefficient (Wildman–Crippen LogP) is 6.58. The van der Waals surface area contributed by atoms with E-state index in [2.05, 4.69) is 72.0 Å². The average molecular weight is 529 g/mol. The first kappa shape index (κ1) is 21.9. The van der Waals surface area contributed by atoms with Crippen LogP contribution in [0.3, 0.4) is 0 Å². The first-order valence-electron chi connectivity index (χ1n) is 8.43. The number of esters is 1. The maximum atomic E-state index is 12.3. The van der Waals surface area contributed by atoms with Gasteiger partial charge in [-0.2, -0.15) is 5.10 Å². The summed E-state index contributed by atoms with van der Waals surface area (Å²) < 4.78 is 9.14. The van der Waals surface area contributed by atoms with Gasteiger partial charge in [0.1, 0.15) is 9.21 Å². The zero-order valence-corrected chi connectivity index (χ0v) is 19.0. The van der Waals surface area contributed by atoms with Crippen molar-refractivity contribution in [1.29, 1.82) is 0 Å². The lowest BCUT2D eigenvalue weighted by molar-refractivity contribution is -0.147. The summed E-state index contributed by atoms with van der Waals surface area (Å²) in [5, 5.41) is 4.39. The van der Waals surface area contributed by atoms with Gasteiger partial charge in [0.15, 0.2) is 6.04 Å². The molecule has 0 aromatic carbocycles. The quantitative estimate of drug-likeness (QED) is 0.185. The third kappa shape index (κ3) is 7.00. The summed E-state index contributed by atoms with van der Waals surface area (Å²) in [7, 11) is 0. The van der Waals surface area contributed by atoms with Crippen LogP contribution >= 0.6 is 47.8 Å². The summed E-state index contributed by atoms with van der Waals surface area (Å²) in [6.07, 6.45) is 11.9. The Bertz CT molecular complexity index is 544. The number of ether oxygens (including phenoxy) is 1. The summed E-state index contributed by atoms with van der Waals surface area (Å²) in [6, 6.07) is -0.401. The van der Waals surface area contributed by atoms with Crippen molar-refractivity contribution in [2.45, 2.75) is 64.8 Å². The molecule has 4 nitrogen and oxygen atoms in total. The molecule has 0 aliphatic rings. The zero-order chi connectivity index (χ0) is 17.9. The van der Waals surface area contributed by atoms with E-state index in [1.165, 1.54) is 12.8 Å². The second kappa shape index (κ2) is 12.3. The van der Waals surface area contributed by atoms with Gasteiger partial charge in [-0.1, -0.05) is 38.3 Å². The fourth-order valence-electron chi connectivity index (χ4n) is 2.39. The minimum atomic E-state index is -0.401. The number of carbonyl (C=O) groups is 1. The van der Waals surface area contributed by atoms with Crippen molar-refractivity contribution in [1.82, 2.24) is 9.78 Å². The molecule has 0 spiro atoms. The van der Waals surface area contributed by atoms with Crippen LogP contribution in [0.25, 0.3) is 0 Å². The molecule has 0 bridgehead atoms. The van der Waals surface area contributed by atoms with Gasteiger partial charge in [-0.15, -0.1) is 0 Å². The normalized spacial score (nSPS) is 12.7. The van der Waals surface area contributed by atoms with Crippen molar-refractivity contribution in [2.24, 2.45) is 0 Å². The van der Waals surface area contributed by atoms with E-state index in [-0.39, 0.29) is 5.97 Å². The Hall–Kier alpha value is -0.140. The van der Waals surface area contributed by atoms with Crippen LogP contribution in [-0.4, -0.2) is 22.4 Å². The molecule has 1 aromatic heterocycles. The van der Waals surface area contributed by atoms with Crippen molar-refractivity contribution in [2.75, 3.05) is 6.61 Å². The SMILES string of the molecule is CC/C=C/CCCCCCC(C(=O)OCC)n1nc(Br)c(Br)c1Br. The number of aromatic nitrogens is 2. The topological polar surface area (TPSA) is 44.1 Å². The number of hydrogen-bond acceptors (Lipinski definition) is 3. The van der Waals surface area contributed by atoms with Gasteiger partial charge in [-0.3, -0.25) is 0 Å². The van der Waals surface area contributed by atoms with Crippen LogP contribution in [0.2, 0.25) is 0 Å². The van der Waals surface area contributed by atoms with E-state index in [0.29, 0.717) is 11.2 Å². The molecule has 136 valence electrons. The summed E-state index contributed by atoms with van der Waals surface area (Å²) in [5.74, 6) is -0.230. The highest BCUT2D eigenvalue weighted by molar-refractivity contribution is 9.14. The lowest BCUT2D eigenvalue weighted by atomic mass is 10.1. The Labute approximate surface area is 169 Å². The number of allylic oxidation sites excluding steroid dienone is 2. The van der Waals surface area contributed by atoms with Crippen LogP contribution < -0.4 is 0 Å². The Morgan fingerprint density at radius 3 is 2.46 bits per heavy atom. The molecule has 0 radical (unpaired) electrons. The molecule has 0 amide bonds. The van der Waals surface area contributed by atoms with Crippen LogP contribution in [0.1, 0.15) is 64.8 Å². The Kier molecular flexibility index (Phi) is 11.2. The third-order valence-electron chi connectivity index (χ3n) is 3.61. The number of nitrogens with zero attached hydrogens (tertiary/aromatic N) is 2. The molecular weight excluding hydrogens is 504 g/mol. The zero-order valence-electron chi connectivity index (χ0n) is 14.2. The van der Waals surface area contributed by atoms with E-state index < -0.39 is 6.04 Å². The molecule has 1 unspecified atom stereocenters. The summed E-state index contributed by atoms with van der Waals surface area (Å²) in [5.41, 5.74) is 0. The first-order chi connectivity index (χ1) is 11.5. The van der Waals surface area contributed by atoms with E-state index >= 15 is 0 Å². The molecular formula is C17H25Br3N2O2. The van der Waals surface area contributed by atoms with E-state index in [1.807, 2.05) is 6.92 Å². The molecule has 0 saturated carbocycles. The maximum absolute atomic E-state index is 12.3. The minimum absolute atomic E-state index is 0.230. The summed E-state index contributed by atoms with van der Waals surface area (Å²) in [4.78, 5) is 12.3. The molecule has 0 aliphatic carbocycles. The molecule has 0 fully saturated rings. The van der Waals surface area contributed by atoms with Gasteiger partial charge in [-0.05, 0) is 80.4 Å². The smallest absolute Gasteiger partial charge is 0.330 e. The second-order valence-corrected chi connectivity index (χ2v) is 7.77. The van der Waals surface area contributed by atoms with E-state index in [4.69, 9.17) is 4.74 Å². The molecule has 0 saturated heterocycles. The Morgan fingerprint density at radius 1 is 1.17 bits per heavy atom. The standard InChI is InChI=1S/C17H25Br3N2O2/c1-3-5-6-7-8-9-10-11-12-13(17(23)24-4-2)22-16(20)14(18)15(19)21-22/h5-6,13H,3-4,7-12H2,1-2H3/b6-5+. The molecule has 1 heterocycles. The van der Waals surface area contributed by atoms with Crippen molar-refractivity contribution >= 4 is 53.8 Å². The molecule has 24 heavy (non-hydrogen) atoms.